The molecule has 138 valence electrons. The number of aliphatic imine (C=N–C) groups is 1. The zero-order valence-electron chi connectivity index (χ0n) is 15.3. The van der Waals surface area contributed by atoms with Crippen molar-refractivity contribution in [2.24, 2.45) is 10.9 Å². The summed E-state index contributed by atoms with van der Waals surface area (Å²) in [6.45, 7) is 7.72. The van der Waals surface area contributed by atoms with Gasteiger partial charge in [-0.25, -0.2) is 0 Å². The van der Waals surface area contributed by atoms with Crippen molar-refractivity contribution in [1.29, 1.82) is 0 Å². The van der Waals surface area contributed by atoms with Crippen LogP contribution in [0, 0.1) is 5.92 Å². The van der Waals surface area contributed by atoms with Crippen LogP contribution in [-0.4, -0.2) is 40.8 Å². The van der Waals surface area contributed by atoms with Crippen LogP contribution in [0.4, 0.5) is 0 Å². The van der Waals surface area contributed by atoms with E-state index in [0.717, 1.165) is 18.4 Å². The summed E-state index contributed by atoms with van der Waals surface area (Å²) >= 11 is 0. The average Bonchev–Trinajstić information content (AvgIpc) is 2.49. The molecule has 0 aromatic heterocycles. The van der Waals surface area contributed by atoms with Crippen molar-refractivity contribution in [3.8, 4) is 0 Å². The Morgan fingerprint density at radius 2 is 1.74 bits per heavy atom. The highest BCUT2D eigenvalue weighted by Crippen LogP contribution is 2.26. The van der Waals surface area contributed by atoms with Gasteiger partial charge in [-0.2, -0.15) is 0 Å². The molecule has 0 amide bonds. The summed E-state index contributed by atoms with van der Waals surface area (Å²) in [7, 11) is 0.977. The van der Waals surface area contributed by atoms with E-state index in [1.165, 1.54) is 44.9 Å². The van der Waals surface area contributed by atoms with Crippen LogP contribution in [0.2, 0.25) is 0 Å². The molecular weight excluding hydrogens is 421 g/mol. The molecule has 0 aromatic carbocycles. The fourth-order valence-corrected chi connectivity index (χ4v) is 3.76. The van der Waals surface area contributed by atoms with Crippen LogP contribution in [0.1, 0.15) is 65.7 Å². The first-order valence-electron chi connectivity index (χ1n) is 8.76. The molecule has 0 heterocycles. The summed E-state index contributed by atoms with van der Waals surface area (Å²) in [6.07, 6.45) is 9.66. The van der Waals surface area contributed by atoms with Gasteiger partial charge in [0.1, 0.15) is 0 Å². The normalized spacial score (nSPS) is 18.2. The van der Waals surface area contributed by atoms with E-state index in [4.69, 9.17) is 0 Å². The highest BCUT2D eigenvalue weighted by molar-refractivity contribution is 14.0. The molecule has 0 bridgehead atoms. The molecular formula is C17H36IN3OS. The van der Waals surface area contributed by atoms with Crippen molar-refractivity contribution in [2.45, 2.75) is 70.5 Å². The first-order valence-corrected chi connectivity index (χ1v) is 10.1. The molecule has 1 aliphatic carbocycles. The summed E-state index contributed by atoms with van der Waals surface area (Å²) in [5.74, 6) is 2.43. The summed E-state index contributed by atoms with van der Waals surface area (Å²) in [4.78, 5) is 4.23. The first kappa shape index (κ1) is 23.1. The number of hydrogen-bond donors (Lipinski definition) is 2. The van der Waals surface area contributed by atoms with Crippen molar-refractivity contribution in [3.63, 3.8) is 0 Å². The van der Waals surface area contributed by atoms with Crippen molar-refractivity contribution < 1.29 is 4.21 Å². The minimum Gasteiger partial charge on any atom is -0.356 e. The molecule has 0 saturated heterocycles. The Morgan fingerprint density at radius 3 is 2.30 bits per heavy atom. The summed E-state index contributed by atoms with van der Waals surface area (Å²) in [6, 6.07) is 0. The average molecular weight is 457 g/mol. The van der Waals surface area contributed by atoms with Gasteiger partial charge in [0.15, 0.2) is 5.96 Å². The van der Waals surface area contributed by atoms with E-state index in [-0.39, 0.29) is 28.7 Å². The third-order valence-electron chi connectivity index (χ3n) is 4.29. The minimum atomic E-state index is -0.812. The summed E-state index contributed by atoms with van der Waals surface area (Å²) in [5.41, 5.74) is 0. The largest absolute Gasteiger partial charge is 0.356 e. The predicted octanol–water partition coefficient (Wildman–Crippen LogP) is 3.68. The van der Waals surface area contributed by atoms with Crippen molar-refractivity contribution in [3.05, 3.63) is 0 Å². The number of guanidine groups is 1. The Balaban J connectivity index is 0.00000484. The smallest absolute Gasteiger partial charge is 0.191 e. The molecule has 1 fully saturated rings. The second kappa shape index (κ2) is 12.5. The maximum Gasteiger partial charge on any atom is 0.191 e. The van der Waals surface area contributed by atoms with Crippen LogP contribution in [0.25, 0.3) is 0 Å². The maximum atomic E-state index is 12.0. The number of nitrogens with zero attached hydrogens (tertiary/aromatic N) is 1. The molecule has 2 N–H and O–H groups in total. The van der Waals surface area contributed by atoms with Crippen molar-refractivity contribution >= 4 is 40.7 Å². The lowest BCUT2D eigenvalue weighted by atomic mass is 9.86. The van der Waals surface area contributed by atoms with E-state index < -0.39 is 10.8 Å². The summed E-state index contributed by atoms with van der Waals surface area (Å²) in [5, 5.41) is 6.62. The van der Waals surface area contributed by atoms with Crippen LogP contribution in [-0.2, 0) is 10.8 Å². The highest BCUT2D eigenvalue weighted by atomic mass is 127. The van der Waals surface area contributed by atoms with E-state index in [0.29, 0.717) is 12.3 Å². The molecule has 4 nitrogen and oxygen atoms in total. The van der Waals surface area contributed by atoms with Crippen LogP contribution < -0.4 is 10.6 Å². The third kappa shape index (κ3) is 10.6. The Labute approximate surface area is 162 Å². The lowest BCUT2D eigenvalue weighted by Crippen LogP contribution is -2.40. The van der Waals surface area contributed by atoms with Gasteiger partial charge in [-0.3, -0.25) is 9.20 Å². The van der Waals surface area contributed by atoms with Gasteiger partial charge < -0.3 is 10.6 Å². The Bertz CT molecular complexity index is 363. The minimum absolute atomic E-state index is 0. The molecule has 1 atom stereocenters. The van der Waals surface area contributed by atoms with Gasteiger partial charge in [0, 0.05) is 41.4 Å². The molecule has 1 rings (SSSR count). The highest BCUT2D eigenvalue weighted by Gasteiger charge is 2.18. The zero-order valence-corrected chi connectivity index (χ0v) is 18.5. The van der Waals surface area contributed by atoms with Crippen LogP contribution in [0.15, 0.2) is 4.99 Å². The standard InChI is InChI=1S/C17H35N3OS.HI/c1-17(2,3)22(21)14-13-20-16(18-4)19-12-8-11-15-9-6-5-7-10-15;/h15H,5-14H2,1-4H3,(H2,18,19,20);1H. The molecule has 0 radical (unpaired) electrons. The summed E-state index contributed by atoms with van der Waals surface area (Å²) < 4.78 is 11.8. The molecule has 1 unspecified atom stereocenters. The molecule has 6 heteroatoms. The molecule has 1 aliphatic rings. The third-order valence-corrected chi connectivity index (χ3v) is 6.23. The van der Waals surface area contributed by atoms with E-state index >= 15 is 0 Å². The molecule has 0 aliphatic heterocycles. The Morgan fingerprint density at radius 1 is 1.13 bits per heavy atom. The quantitative estimate of drug-likeness (QED) is 0.266. The van der Waals surface area contributed by atoms with Gasteiger partial charge >= 0.3 is 0 Å². The van der Waals surface area contributed by atoms with E-state index in [9.17, 15) is 4.21 Å². The maximum absolute atomic E-state index is 12.0. The topological polar surface area (TPSA) is 53.5 Å². The lowest BCUT2D eigenvalue weighted by Gasteiger charge is -2.21. The Hall–Kier alpha value is 0.150. The van der Waals surface area contributed by atoms with Crippen LogP contribution in [0.3, 0.4) is 0 Å². The van der Waals surface area contributed by atoms with E-state index in [1.807, 2.05) is 20.8 Å². The van der Waals surface area contributed by atoms with E-state index in [1.54, 1.807) is 7.05 Å². The number of nitrogens with one attached hydrogen (secondary N) is 2. The molecule has 1 saturated carbocycles. The first-order chi connectivity index (χ1) is 10.4. The molecule has 23 heavy (non-hydrogen) atoms. The SMILES string of the molecule is CN=C(NCCCC1CCCCC1)NCCS(=O)C(C)(C)C.I. The lowest BCUT2D eigenvalue weighted by molar-refractivity contribution is 0.332. The monoisotopic (exact) mass is 457 g/mol. The number of halogens is 1. The van der Waals surface area contributed by atoms with Gasteiger partial charge in [-0.05, 0) is 39.5 Å². The Kier molecular flexibility index (Phi) is 12.6. The fraction of sp³-hybridized carbons (Fsp3) is 0.941. The van der Waals surface area contributed by atoms with Crippen LogP contribution in [0.5, 0.6) is 0 Å². The number of rotatable bonds is 7. The van der Waals surface area contributed by atoms with E-state index in [2.05, 4.69) is 15.6 Å². The fourth-order valence-electron chi connectivity index (χ4n) is 2.86. The second-order valence-corrected chi connectivity index (χ2v) is 9.56. The van der Waals surface area contributed by atoms with Gasteiger partial charge in [-0.1, -0.05) is 32.1 Å². The van der Waals surface area contributed by atoms with Crippen molar-refractivity contribution in [2.75, 3.05) is 25.9 Å². The van der Waals surface area contributed by atoms with Gasteiger partial charge in [0.2, 0.25) is 0 Å². The number of hydrogen-bond acceptors (Lipinski definition) is 2. The molecule has 0 spiro atoms. The van der Waals surface area contributed by atoms with Crippen LogP contribution >= 0.6 is 24.0 Å². The van der Waals surface area contributed by atoms with Gasteiger partial charge in [-0.15, -0.1) is 24.0 Å². The molecule has 0 aromatic rings. The van der Waals surface area contributed by atoms with Crippen molar-refractivity contribution in [1.82, 2.24) is 10.6 Å². The van der Waals surface area contributed by atoms with Gasteiger partial charge in [0.25, 0.3) is 0 Å². The zero-order chi connectivity index (χ0) is 16.4. The van der Waals surface area contributed by atoms with Gasteiger partial charge in [0.05, 0.1) is 0 Å². The predicted molar refractivity (Wildman–Crippen MR) is 113 cm³/mol. The second-order valence-electron chi connectivity index (χ2n) is 7.23.